The predicted octanol–water partition coefficient (Wildman–Crippen LogP) is 7.59. The van der Waals surface area contributed by atoms with Crippen molar-refractivity contribution in [2.75, 3.05) is 19.5 Å². The average Bonchev–Trinajstić information content (AvgIpc) is 3.47. The summed E-state index contributed by atoms with van der Waals surface area (Å²) in [6.45, 7) is 0.698. The number of aliphatic carboxylic acids is 2. The molecular formula is C32H32ClF7N4O6. The fraction of sp³-hybridized carbons (Fsp3) is 0.344. The van der Waals surface area contributed by atoms with Gasteiger partial charge in [0.1, 0.15) is 23.0 Å². The van der Waals surface area contributed by atoms with Crippen LogP contribution in [0.25, 0.3) is 16.9 Å². The van der Waals surface area contributed by atoms with Crippen LogP contribution in [0.3, 0.4) is 0 Å². The number of methoxy groups -OCH3 is 2. The molecule has 0 saturated heterocycles. The Morgan fingerprint density at radius 2 is 1.48 bits per heavy atom. The molecule has 1 fully saturated rings. The summed E-state index contributed by atoms with van der Waals surface area (Å²) in [4.78, 5) is 22.6. The molecule has 1 aliphatic carbocycles. The van der Waals surface area contributed by atoms with E-state index in [2.05, 4.69) is 22.8 Å². The van der Waals surface area contributed by atoms with Gasteiger partial charge >= 0.3 is 24.3 Å². The molecule has 0 bridgehead atoms. The second-order valence-corrected chi connectivity index (χ2v) is 11.2. The van der Waals surface area contributed by atoms with Gasteiger partial charge in [0.25, 0.3) is 0 Å². The normalized spacial score (nSPS) is 16.0. The molecule has 4 aromatic rings. The van der Waals surface area contributed by atoms with Gasteiger partial charge in [0, 0.05) is 54.4 Å². The van der Waals surface area contributed by atoms with Crippen molar-refractivity contribution >= 4 is 34.9 Å². The van der Waals surface area contributed by atoms with Gasteiger partial charge in [-0.25, -0.2) is 19.0 Å². The molecule has 272 valence electrons. The Hall–Kier alpha value is -4.77. The maximum absolute atomic E-state index is 13.4. The van der Waals surface area contributed by atoms with Crippen molar-refractivity contribution in [2.45, 2.75) is 56.7 Å². The summed E-state index contributed by atoms with van der Waals surface area (Å²) < 4.78 is 89.7. The molecule has 0 amide bonds. The fourth-order valence-electron chi connectivity index (χ4n) is 4.85. The van der Waals surface area contributed by atoms with Gasteiger partial charge in [-0.3, -0.25) is 0 Å². The number of hydrogen-bond acceptors (Lipinski definition) is 7. The van der Waals surface area contributed by atoms with Gasteiger partial charge < -0.3 is 34.7 Å². The number of hydrogen-bond donors (Lipinski definition) is 4. The molecule has 2 aromatic heterocycles. The standard InChI is InChI=1S/C28H30ClFN4O2.2C2HF3O2/c1-35-26-15-27(36-2)24(29)14-23(26)25-17-34-11-10-22(13-28(34)33-25)32-21-8-6-20(7-9-21)31-16-18-4-3-5-19(30)12-18;2*3-2(4,5)1(6)7/h3-5,10-15,17,20-21,31-32H,6-9,16H2,1-2H3;2*(H,6,7). The van der Waals surface area contributed by atoms with Crippen molar-refractivity contribution in [3.8, 4) is 22.8 Å². The van der Waals surface area contributed by atoms with Gasteiger partial charge in [0.05, 0.1) is 24.9 Å². The Morgan fingerprint density at radius 3 is 2.02 bits per heavy atom. The van der Waals surface area contributed by atoms with Crippen LogP contribution in [0, 0.1) is 5.82 Å². The minimum absolute atomic E-state index is 0.185. The van der Waals surface area contributed by atoms with Gasteiger partial charge in [-0.15, -0.1) is 0 Å². The molecule has 50 heavy (non-hydrogen) atoms. The maximum atomic E-state index is 13.4. The van der Waals surface area contributed by atoms with Crippen molar-refractivity contribution in [1.82, 2.24) is 14.7 Å². The van der Waals surface area contributed by atoms with E-state index < -0.39 is 24.3 Å². The molecule has 1 aliphatic rings. The maximum Gasteiger partial charge on any atom is 0.490 e. The second-order valence-electron chi connectivity index (χ2n) is 10.8. The summed E-state index contributed by atoms with van der Waals surface area (Å²) in [6, 6.07) is 15.4. The minimum Gasteiger partial charge on any atom is -0.496 e. The zero-order chi connectivity index (χ0) is 37.2. The number of carboxylic acid groups (broad SMARTS) is 2. The van der Waals surface area contributed by atoms with E-state index in [-0.39, 0.29) is 5.82 Å². The summed E-state index contributed by atoms with van der Waals surface area (Å²) in [5, 5.41) is 22.0. The third kappa shape index (κ3) is 11.7. The first-order chi connectivity index (χ1) is 23.4. The zero-order valence-corrected chi connectivity index (χ0v) is 27.2. The summed E-state index contributed by atoms with van der Waals surface area (Å²) in [5.41, 5.74) is 4.46. The second kappa shape index (κ2) is 17.2. The van der Waals surface area contributed by atoms with E-state index in [0.29, 0.717) is 35.2 Å². The molecular weight excluding hydrogens is 705 g/mol. The van der Waals surface area contributed by atoms with Crippen LogP contribution in [0.1, 0.15) is 31.2 Å². The molecule has 18 heteroatoms. The van der Waals surface area contributed by atoms with Gasteiger partial charge in [-0.1, -0.05) is 23.7 Å². The number of imidazole rings is 1. The number of ether oxygens (including phenoxy) is 2. The highest BCUT2D eigenvalue weighted by Crippen LogP contribution is 2.38. The van der Waals surface area contributed by atoms with Gasteiger partial charge in [-0.05, 0) is 55.5 Å². The molecule has 0 atom stereocenters. The van der Waals surface area contributed by atoms with E-state index in [1.807, 2.05) is 28.9 Å². The minimum atomic E-state index is -5.08. The smallest absolute Gasteiger partial charge is 0.490 e. The van der Waals surface area contributed by atoms with Crippen molar-refractivity contribution in [1.29, 1.82) is 0 Å². The van der Waals surface area contributed by atoms with E-state index in [9.17, 15) is 30.7 Å². The Bertz CT molecular complexity index is 1740. The molecule has 10 nitrogen and oxygen atoms in total. The van der Waals surface area contributed by atoms with Crippen LogP contribution in [0.4, 0.5) is 36.4 Å². The number of aromatic nitrogens is 2. The van der Waals surface area contributed by atoms with Gasteiger partial charge in [-0.2, -0.15) is 26.3 Å². The number of carboxylic acids is 2. The van der Waals surface area contributed by atoms with E-state index in [1.165, 1.54) is 6.07 Å². The van der Waals surface area contributed by atoms with Crippen molar-refractivity contribution < 1.29 is 60.0 Å². The van der Waals surface area contributed by atoms with Crippen LogP contribution in [-0.4, -0.2) is 70.2 Å². The number of anilines is 1. The van der Waals surface area contributed by atoms with Crippen LogP contribution >= 0.6 is 11.6 Å². The highest BCUT2D eigenvalue weighted by atomic mass is 35.5. The largest absolute Gasteiger partial charge is 0.496 e. The predicted molar refractivity (Wildman–Crippen MR) is 169 cm³/mol. The first-order valence-corrected chi connectivity index (χ1v) is 15.0. The number of pyridine rings is 1. The number of alkyl halides is 6. The fourth-order valence-corrected chi connectivity index (χ4v) is 5.09. The molecule has 0 aliphatic heterocycles. The van der Waals surface area contributed by atoms with Crippen LogP contribution in [-0.2, 0) is 16.1 Å². The topological polar surface area (TPSA) is 134 Å². The number of carbonyl (C=O) groups is 2. The third-order valence-corrected chi connectivity index (χ3v) is 7.57. The zero-order valence-electron chi connectivity index (χ0n) is 26.4. The Kier molecular flexibility index (Phi) is 13.7. The molecule has 5 rings (SSSR count). The van der Waals surface area contributed by atoms with Gasteiger partial charge in [0.15, 0.2) is 0 Å². The molecule has 1 saturated carbocycles. The van der Waals surface area contributed by atoms with Crippen molar-refractivity contribution in [3.63, 3.8) is 0 Å². The number of halogens is 8. The van der Waals surface area contributed by atoms with Crippen LogP contribution in [0.5, 0.6) is 11.5 Å². The lowest BCUT2D eigenvalue weighted by atomic mass is 9.91. The first kappa shape index (κ1) is 39.7. The number of rotatable bonds is 8. The highest BCUT2D eigenvalue weighted by Gasteiger charge is 2.39. The monoisotopic (exact) mass is 736 g/mol. The molecule has 2 aromatic carbocycles. The Balaban J connectivity index is 0.000000408. The number of benzene rings is 2. The summed E-state index contributed by atoms with van der Waals surface area (Å²) in [5.74, 6) is -4.48. The quantitative estimate of drug-likeness (QED) is 0.135. The molecule has 4 N–H and O–H groups in total. The van der Waals surface area contributed by atoms with Crippen molar-refractivity contribution in [2.24, 2.45) is 0 Å². The Morgan fingerprint density at radius 1 is 0.900 bits per heavy atom. The van der Waals surface area contributed by atoms with E-state index in [0.717, 1.165) is 53.8 Å². The Labute approximate surface area is 285 Å². The van der Waals surface area contributed by atoms with Crippen LogP contribution in [0.2, 0.25) is 5.02 Å². The SMILES string of the molecule is COc1cc(OC)c(-c2cn3ccc(NC4CCC(NCc5cccc(F)c5)CC4)cc3n2)cc1Cl.O=C(O)C(F)(F)F.O=C(O)C(F)(F)F. The lowest BCUT2D eigenvalue weighted by molar-refractivity contribution is -0.193. The number of nitrogens with zero attached hydrogens (tertiary/aromatic N) is 2. The summed E-state index contributed by atoms with van der Waals surface area (Å²) in [6.07, 6.45) is -1.87. The molecule has 2 heterocycles. The number of fused-ring (bicyclic) bond motifs is 1. The van der Waals surface area contributed by atoms with E-state index in [4.69, 9.17) is 45.9 Å². The highest BCUT2D eigenvalue weighted by molar-refractivity contribution is 6.32. The molecule has 0 unspecified atom stereocenters. The van der Waals surface area contributed by atoms with Crippen molar-refractivity contribution in [3.05, 3.63) is 77.3 Å². The van der Waals surface area contributed by atoms with E-state index in [1.54, 1.807) is 32.4 Å². The number of nitrogens with one attached hydrogen (secondary N) is 2. The first-order valence-electron chi connectivity index (χ1n) is 14.7. The van der Waals surface area contributed by atoms with Crippen LogP contribution in [0.15, 0.2) is 60.9 Å². The summed E-state index contributed by atoms with van der Waals surface area (Å²) >= 11 is 6.36. The average molecular weight is 737 g/mol. The molecule has 0 spiro atoms. The van der Waals surface area contributed by atoms with Crippen LogP contribution < -0.4 is 20.1 Å². The lowest BCUT2D eigenvalue weighted by Crippen LogP contribution is -2.36. The lowest BCUT2D eigenvalue weighted by Gasteiger charge is -2.30. The van der Waals surface area contributed by atoms with Gasteiger partial charge in [0.2, 0.25) is 0 Å². The van der Waals surface area contributed by atoms with E-state index >= 15 is 0 Å². The molecule has 0 radical (unpaired) electrons. The summed E-state index contributed by atoms with van der Waals surface area (Å²) in [7, 11) is 3.20. The third-order valence-electron chi connectivity index (χ3n) is 7.28.